The molecule has 2 saturated heterocycles. The summed E-state index contributed by atoms with van der Waals surface area (Å²) in [5, 5.41) is 12.2. The second-order valence-corrected chi connectivity index (χ2v) is 6.33. The highest BCUT2D eigenvalue weighted by Gasteiger charge is 2.47. The number of carbonyl (C=O) groups is 1. The molecule has 2 fully saturated rings. The number of aliphatic hydroxyl groups is 1. The van der Waals surface area contributed by atoms with Gasteiger partial charge in [-0.25, -0.2) is 9.18 Å². The van der Waals surface area contributed by atoms with Crippen molar-refractivity contribution < 1.29 is 19.0 Å². The van der Waals surface area contributed by atoms with Gasteiger partial charge < -0.3 is 15.2 Å². The third kappa shape index (κ3) is 3.00. The van der Waals surface area contributed by atoms with Gasteiger partial charge in [-0.2, -0.15) is 0 Å². The van der Waals surface area contributed by atoms with Gasteiger partial charge in [-0.3, -0.25) is 4.90 Å². The molecule has 0 aromatic carbocycles. The smallest absolute Gasteiger partial charge is 0.410 e. The lowest BCUT2D eigenvalue weighted by atomic mass is 10.0. The van der Waals surface area contributed by atoms with Crippen LogP contribution < -0.4 is 5.32 Å². The Kier molecular flexibility index (Phi) is 4.01. The Hall–Kier alpha value is -0.880. The van der Waals surface area contributed by atoms with Crippen molar-refractivity contribution in [2.75, 3.05) is 13.2 Å². The molecule has 6 heteroatoms. The van der Waals surface area contributed by atoms with E-state index in [-0.39, 0.29) is 12.6 Å². The molecule has 2 N–H and O–H groups in total. The van der Waals surface area contributed by atoms with E-state index >= 15 is 0 Å². The first-order valence-corrected chi connectivity index (χ1v) is 6.83. The normalized spacial score (nSPS) is 35.1. The molecule has 110 valence electrons. The number of nitrogens with zero attached hydrogens (tertiary/aromatic N) is 1. The molecule has 0 aliphatic carbocycles. The number of halogens is 1. The van der Waals surface area contributed by atoms with Gasteiger partial charge in [-0.1, -0.05) is 0 Å². The highest BCUT2D eigenvalue weighted by atomic mass is 19.1. The van der Waals surface area contributed by atoms with Gasteiger partial charge in [0.15, 0.2) is 0 Å². The fourth-order valence-corrected chi connectivity index (χ4v) is 2.86. The molecule has 4 atom stereocenters. The number of hydrogen-bond donors (Lipinski definition) is 2. The van der Waals surface area contributed by atoms with Crippen molar-refractivity contribution in [2.24, 2.45) is 0 Å². The molecule has 2 bridgehead atoms. The zero-order chi connectivity index (χ0) is 14.2. The summed E-state index contributed by atoms with van der Waals surface area (Å²) >= 11 is 0. The van der Waals surface area contributed by atoms with E-state index in [1.54, 1.807) is 20.8 Å². The van der Waals surface area contributed by atoms with Crippen LogP contribution in [0.3, 0.4) is 0 Å². The summed E-state index contributed by atoms with van der Waals surface area (Å²) in [6.45, 7) is 5.64. The van der Waals surface area contributed by atoms with E-state index in [4.69, 9.17) is 4.74 Å². The molecule has 2 aliphatic rings. The van der Waals surface area contributed by atoms with Crippen molar-refractivity contribution in [1.29, 1.82) is 0 Å². The lowest BCUT2D eigenvalue weighted by Crippen LogP contribution is -2.49. The maximum absolute atomic E-state index is 14.4. The van der Waals surface area contributed by atoms with Crippen LogP contribution in [-0.4, -0.2) is 59.1 Å². The van der Waals surface area contributed by atoms with Crippen LogP contribution in [-0.2, 0) is 4.74 Å². The average Bonchev–Trinajstić information content (AvgIpc) is 2.64. The number of rotatable bonds is 1. The standard InChI is InChI=1S/C13H23FN2O3/c1-13(2,3)19-12(18)16-8-4-5-10(16)11(14)9(7-17)15-6-8/h8-11,15,17H,4-7H2,1-3H3. The largest absolute Gasteiger partial charge is 0.444 e. The summed E-state index contributed by atoms with van der Waals surface area (Å²) < 4.78 is 19.7. The minimum absolute atomic E-state index is 0.0466. The van der Waals surface area contributed by atoms with Gasteiger partial charge in [0.2, 0.25) is 0 Å². The van der Waals surface area contributed by atoms with Crippen LogP contribution in [0.2, 0.25) is 0 Å². The molecule has 1 amide bonds. The topological polar surface area (TPSA) is 61.8 Å². The van der Waals surface area contributed by atoms with Crippen LogP contribution in [0.1, 0.15) is 33.6 Å². The Morgan fingerprint density at radius 3 is 2.74 bits per heavy atom. The van der Waals surface area contributed by atoms with Crippen molar-refractivity contribution in [1.82, 2.24) is 10.2 Å². The zero-order valence-corrected chi connectivity index (χ0v) is 11.7. The van der Waals surface area contributed by atoms with E-state index in [0.717, 1.165) is 6.42 Å². The monoisotopic (exact) mass is 274 g/mol. The van der Waals surface area contributed by atoms with Gasteiger partial charge in [0.05, 0.1) is 18.7 Å². The lowest BCUT2D eigenvalue weighted by Gasteiger charge is -2.32. The van der Waals surface area contributed by atoms with Gasteiger partial charge in [0.1, 0.15) is 11.8 Å². The van der Waals surface area contributed by atoms with Gasteiger partial charge in [0.25, 0.3) is 0 Å². The first kappa shape index (κ1) is 14.5. The lowest BCUT2D eigenvalue weighted by molar-refractivity contribution is 0.00775. The van der Waals surface area contributed by atoms with Crippen molar-refractivity contribution in [3.05, 3.63) is 0 Å². The summed E-state index contributed by atoms with van der Waals surface area (Å²) in [4.78, 5) is 13.7. The predicted molar refractivity (Wildman–Crippen MR) is 68.7 cm³/mol. The maximum Gasteiger partial charge on any atom is 0.410 e. The van der Waals surface area contributed by atoms with Crippen molar-refractivity contribution >= 4 is 6.09 Å². The van der Waals surface area contributed by atoms with E-state index in [2.05, 4.69) is 5.32 Å². The van der Waals surface area contributed by atoms with Crippen molar-refractivity contribution in [3.63, 3.8) is 0 Å². The number of aliphatic hydroxyl groups excluding tert-OH is 1. The molecule has 0 radical (unpaired) electrons. The number of amides is 1. The summed E-state index contributed by atoms with van der Waals surface area (Å²) in [5.41, 5.74) is -0.585. The van der Waals surface area contributed by atoms with Crippen LogP contribution in [0, 0.1) is 0 Å². The summed E-state index contributed by atoms with van der Waals surface area (Å²) in [5.74, 6) is 0. The number of carbonyl (C=O) groups excluding carboxylic acids is 1. The molecule has 0 saturated carbocycles. The summed E-state index contributed by atoms with van der Waals surface area (Å²) in [7, 11) is 0. The van der Waals surface area contributed by atoms with E-state index in [1.165, 1.54) is 4.90 Å². The maximum atomic E-state index is 14.4. The Labute approximate surface area is 113 Å². The molecule has 0 aromatic heterocycles. The first-order chi connectivity index (χ1) is 8.83. The highest BCUT2D eigenvalue weighted by molar-refractivity contribution is 5.69. The molecule has 2 heterocycles. The first-order valence-electron chi connectivity index (χ1n) is 6.83. The van der Waals surface area contributed by atoms with E-state index < -0.39 is 29.9 Å². The third-order valence-corrected chi connectivity index (χ3v) is 3.71. The quantitative estimate of drug-likeness (QED) is 0.750. The Balaban J connectivity index is 2.14. The Morgan fingerprint density at radius 2 is 2.16 bits per heavy atom. The SMILES string of the molecule is CC(C)(C)OC(=O)N1C2CCC1C(F)C(CO)NC2. The van der Waals surface area contributed by atoms with Gasteiger partial charge in [-0.15, -0.1) is 0 Å². The number of alkyl halides is 1. The molecule has 19 heavy (non-hydrogen) atoms. The van der Waals surface area contributed by atoms with Crippen LogP contribution in [0.15, 0.2) is 0 Å². The molecule has 5 nitrogen and oxygen atoms in total. The van der Waals surface area contributed by atoms with Crippen molar-refractivity contribution in [3.8, 4) is 0 Å². The molecule has 2 rings (SSSR count). The van der Waals surface area contributed by atoms with E-state index in [9.17, 15) is 14.3 Å². The molecule has 2 aliphatic heterocycles. The molecule has 0 spiro atoms. The third-order valence-electron chi connectivity index (χ3n) is 3.71. The minimum atomic E-state index is -1.26. The fraction of sp³-hybridized carbons (Fsp3) is 0.923. The summed E-state index contributed by atoms with van der Waals surface area (Å²) in [6.07, 6.45) is -0.313. The molecular formula is C13H23FN2O3. The van der Waals surface area contributed by atoms with Crippen LogP contribution in [0.25, 0.3) is 0 Å². The van der Waals surface area contributed by atoms with Crippen LogP contribution in [0.4, 0.5) is 9.18 Å². The number of ether oxygens (including phenoxy) is 1. The number of nitrogens with one attached hydrogen (secondary N) is 1. The van der Waals surface area contributed by atoms with E-state index in [0.29, 0.717) is 13.0 Å². The Bertz CT molecular complexity index is 345. The molecule has 4 unspecified atom stereocenters. The number of fused-ring (bicyclic) bond motifs is 2. The predicted octanol–water partition coefficient (Wildman–Crippen LogP) is 1.06. The van der Waals surface area contributed by atoms with Crippen molar-refractivity contribution in [2.45, 2.75) is 63.5 Å². The summed E-state index contributed by atoms with van der Waals surface area (Å²) in [6, 6.07) is -1.14. The second kappa shape index (κ2) is 5.25. The van der Waals surface area contributed by atoms with Gasteiger partial charge in [0, 0.05) is 12.6 Å². The fourth-order valence-electron chi connectivity index (χ4n) is 2.86. The van der Waals surface area contributed by atoms with Crippen LogP contribution >= 0.6 is 0 Å². The number of hydrogen-bond acceptors (Lipinski definition) is 4. The Morgan fingerprint density at radius 1 is 1.47 bits per heavy atom. The highest BCUT2D eigenvalue weighted by Crippen LogP contribution is 2.32. The average molecular weight is 274 g/mol. The second-order valence-electron chi connectivity index (χ2n) is 6.33. The minimum Gasteiger partial charge on any atom is -0.444 e. The van der Waals surface area contributed by atoms with Gasteiger partial charge in [-0.05, 0) is 33.6 Å². The molecular weight excluding hydrogens is 251 g/mol. The van der Waals surface area contributed by atoms with Crippen LogP contribution in [0.5, 0.6) is 0 Å². The molecule has 0 aromatic rings. The van der Waals surface area contributed by atoms with Gasteiger partial charge >= 0.3 is 6.09 Å². The zero-order valence-electron chi connectivity index (χ0n) is 11.7. The van der Waals surface area contributed by atoms with E-state index in [1.807, 2.05) is 0 Å².